The summed E-state index contributed by atoms with van der Waals surface area (Å²) in [4.78, 5) is 25.7. The molecule has 0 fully saturated rings. The fourth-order valence-electron chi connectivity index (χ4n) is 1.96. The van der Waals surface area contributed by atoms with Crippen LogP contribution in [0.5, 0.6) is 5.75 Å². The molecule has 0 saturated heterocycles. The lowest BCUT2D eigenvalue weighted by Crippen LogP contribution is -2.32. The van der Waals surface area contributed by atoms with Gasteiger partial charge < -0.3 is 14.4 Å². The number of halogens is 1. The van der Waals surface area contributed by atoms with Gasteiger partial charge in [0.1, 0.15) is 5.75 Å². The van der Waals surface area contributed by atoms with Crippen LogP contribution in [0.2, 0.25) is 0 Å². The number of hydrogen-bond donors (Lipinski definition) is 0. The Morgan fingerprint density at radius 2 is 1.67 bits per heavy atom. The van der Waals surface area contributed by atoms with E-state index in [2.05, 4.69) is 15.9 Å². The van der Waals surface area contributed by atoms with E-state index in [0.717, 1.165) is 4.47 Å². The van der Waals surface area contributed by atoms with Gasteiger partial charge in [0.25, 0.3) is 5.91 Å². The lowest BCUT2D eigenvalue weighted by atomic mass is 10.1. The topological polar surface area (TPSA) is 55.8 Å². The van der Waals surface area contributed by atoms with Crippen LogP contribution >= 0.6 is 15.9 Å². The number of carbonyl (C=O) groups is 2. The Morgan fingerprint density at radius 3 is 2.25 bits per heavy atom. The van der Waals surface area contributed by atoms with E-state index >= 15 is 0 Å². The number of esters is 1. The second-order valence-electron chi connectivity index (χ2n) is 5.26. The molecule has 0 heterocycles. The first-order valence-electron chi connectivity index (χ1n) is 7.31. The molecule has 1 atom stereocenters. The van der Waals surface area contributed by atoms with Crippen LogP contribution in [0.3, 0.4) is 0 Å². The van der Waals surface area contributed by atoms with Gasteiger partial charge in [0, 0.05) is 24.1 Å². The number of rotatable bonds is 6. The Balaban J connectivity index is 2.02. The summed E-state index contributed by atoms with van der Waals surface area (Å²) in [6, 6.07) is 16.0. The van der Waals surface area contributed by atoms with Gasteiger partial charge in [-0.25, -0.2) is 4.79 Å². The van der Waals surface area contributed by atoms with E-state index in [1.807, 2.05) is 18.2 Å². The predicted octanol–water partition coefficient (Wildman–Crippen LogP) is 3.20. The number of hydrogen-bond acceptors (Lipinski definition) is 4. The first kappa shape index (κ1) is 18.0. The molecule has 0 N–H and O–H groups in total. The van der Waals surface area contributed by atoms with E-state index in [-0.39, 0.29) is 12.5 Å². The number of ether oxygens (including phenoxy) is 2. The minimum atomic E-state index is -0.984. The van der Waals surface area contributed by atoms with Crippen molar-refractivity contribution in [2.24, 2.45) is 0 Å². The van der Waals surface area contributed by atoms with E-state index in [1.165, 1.54) is 4.90 Å². The van der Waals surface area contributed by atoms with Gasteiger partial charge in [-0.1, -0.05) is 46.3 Å². The summed E-state index contributed by atoms with van der Waals surface area (Å²) in [6.45, 7) is -0.272. The Bertz CT molecular complexity index is 686. The van der Waals surface area contributed by atoms with Crippen LogP contribution in [0.1, 0.15) is 11.7 Å². The summed E-state index contributed by atoms with van der Waals surface area (Å²) in [5.74, 6) is -0.370. The van der Waals surface area contributed by atoms with Crippen LogP contribution in [-0.2, 0) is 14.3 Å². The molecule has 2 aromatic rings. The molecule has 2 rings (SSSR count). The summed E-state index contributed by atoms with van der Waals surface area (Å²) in [6.07, 6.45) is -0.984. The fourth-order valence-corrected chi connectivity index (χ4v) is 2.23. The molecule has 5 nitrogen and oxygen atoms in total. The molecule has 0 unspecified atom stereocenters. The molecule has 1 amide bonds. The summed E-state index contributed by atoms with van der Waals surface area (Å²) in [5.41, 5.74) is 0.619. The first-order chi connectivity index (χ1) is 11.5. The van der Waals surface area contributed by atoms with Crippen LogP contribution in [0, 0.1) is 0 Å². The van der Waals surface area contributed by atoms with Crippen molar-refractivity contribution in [3.63, 3.8) is 0 Å². The zero-order chi connectivity index (χ0) is 17.5. The van der Waals surface area contributed by atoms with Crippen molar-refractivity contribution in [2.45, 2.75) is 6.10 Å². The number of carbonyl (C=O) groups excluding carboxylic acids is 2. The molecule has 126 valence electrons. The molecule has 2 aromatic carbocycles. The summed E-state index contributed by atoms with van der Waals surface area (Å²) >= 11 is 3.32. The van der Waals surface area contributed by atoms with Gasteiger partial charge in [0.2, 0.25) is 6.10 Å². The monoisotopic (exact) mass is 391 g/mol. The molecule has 0 aliphatic carbocycles. The van der Waals surface area contributed by atoms with Crippen molar-refractivity contribution in [3.8, 4) is 5.75 Å². The van der Waals surface area contributed by atoms with Crippen molar-refractivity contribution in [1.29, 1.82) is 0 Å². The molecular weight excluding hydrogens is 374 g/mol. The average molecular weight is 392 g/mol. The highest BCUT2D eigenvalue weighted by Gasteiger charge is 2.26. The summed E-state index contributed by atoms with van der Waals surface area (Å²) in [7, 11) is 3.23. The minimum absolute atomic E-state index is 0.272. The zero-order valence-corrected chi connectivity index (χ0v) is 15.0. The van der Waals surface area contributed by atoms with Crippen LogP contribution in [0.25, 0.3) is 0 Å². The second-order valence-corrected chi connectivity index (χ2v) is 6.17. The van der Waals surface area contributed by atoms with Gasteiger partial charge in [0.15, 0.2) is 6.61 Å². The van der Waals surface area contributed by atoms with Crippen molar-refractivity contribution >= 4 is 27.8 Å². The third-order valence-corrected chi connectivity index (χ3v) is 3.72. The molecule has 24 heavy (non-hydrogen) atoms. The van der Waals surface area contributed by atoms with Crippen molar-refractivity contribution in [3.05, 3.63) is 64.6 Å². The number of nitrogens with zero attached hydrogens (tertiary/aromatic N) is 1. The van der Waals surface area contributed by atoms with E-state index in [4.69, 9.17) is 9.47 Å². The molecule has 0 aliphatic heterocycles. The molecule has 0 aromatic heterocycles. The first-order valence-corrected chi connectivity index (χ1v) is 8.10. The van der Waals surface area contributed by atoms with Crippen molar-refractivity contribution < 1.29 is 19.1 Å². The lowest BCUT2D eigenvalue weighted by molar-refractivity contribution is -0.161. The zero-order valence-electron chi connectivity index (χ0n) is 13.4. The molecule has 0 aliphatic rings. The van der Waals surface area contributed by atoms with E-state index in [0.29, 0.717) is 11.3 Å². The van der Waals surface area contributed by atoms with Crippen molar-refractivity contribution in [2.75, 3.05) is 20.7 Å². The lowest BCUT2D eigenvalue weighted by Gasteiger charge is -2.21. The number of likely N-dealkylation sites (N-methyl/N-ethyl adjacent to an activating group) is 1. The second kappa shape index (κ2) is 8.49. The molecule has 0 saturated carbocycles. The third-order valence-electron chi connectivity index (χ3n) is 3.19. The van der Waals surface area contributed by atoms with Crippen LogP contribution in [-0.4, -0.2) is 37.5 Å². The highest BCUT2D eigenvalue weighted by Crippen LogP contribution is 2.20. The maximum Gasteiger partial charge on any atom is 0.345 e. The summed E-state index contributed by atoms with van der Waals surface area (Å²) < 4.78 is 11.6. The summed E-state index contributed by atoms with van der Waals surface area (Å²) in [5, 5.41) is 0. The van der Waals surface area contributed by atoms with Crippen LogP contribution in [0.15, 0.2) is 59.1 Å². The van der Waals surface area contributed by atoms with E-state index in [1.54, 1.807) is 50.5 Å². The SMILES string of the molecule is CN(C)C(=O)[C@@H](OC(=O)COc1ccc(Br)cc1)c1ccccc1. The number of benzene rings is 2. The Morgan fingerprint density at radius 1 is 1.04 bits per heavy atom. The maximum absolute atomic E-state index is 12.3. The Kier molecular flexibility index (Phi) is 6.37. The Labute approximate surface area is 149 Å². The van der Waals surface area contributed by atoms with Crippen LogP contribution < -0.4 is 4.74 Å². The Hall–Kier alpha value is -2.34. The normalized spacial score (nSPS) is 11.5. The molecule has 0 spiro atoms. The predicted molar refractivity (Wildman–Crippen MR) is 93.6 cm³/mol. The van der Waals surface area contributed by atoms with Gasteiger partial charge in [-0.05, 0) is 24.3 Å². The smallest absolute Gasteiger partial charge is 0.345 e. The molecular formula is C18H18BrNO4. The largest absolute Gasteiger partial charge is 0.482 e. The van der Waals surface area contributed by atoms with Gasteiger partial charge >= 0.3 is 5.97 Å². The number of amides is 1. The minimum Gasteiger partial charge on any atom is -0.482 e. The fraction of sp³-hybridized carbons (Fsp3) is 0.222. The van der Waals surface area contributed by atoms with Gasteiger partial charge in [-0.15, -0.1) is 0 Å². The van der Waals surface area contributed by atoms with Crippen LogP contribution in [0.4, 0.5) is 0 Å². The van der Waals surface area contributed by atoms with E-state index < -0.39 is 12.1 Å². The molecule has 0 bridgehead atoms. The van der Waals surface area contributed by atoms with Gasteiger partial charge in [0.05, 0.1) is 0 Å². The van der Waals surface area contributed by atoms with E-state index in [9.17, 15) is 9.59 Å². The van der Waals surface area contributed by atoms with Crippen molar-refractivity contribution in [1.82, 2.24) is 4.90 Å². The standard InChI is InChI=1S/C18H18BrNO4/c1-20(2)18(22)17(13-6-4-3-5-7-13)24-16(21)12-23-15-10-8-14(19)9-11-15/h3-11,17H,12H2,1-2H3/t17-/m0/s1. The van der Waals surface area contributed by atoms with Gasteiger partial charge in [-0.2, -0.15) is 0 Å². The third kappa shape index (κ3) is 5.09. The average Bonchev–Trinajstić information content (AvgIpc) is 2.59. The molecule has 0 radical (unpaired) electrons. The molecule has 6 heteroatoms. The van der Waals surface area contributed by atoms with Gasteiger partial charge in [-0.3, -0.25) is 4.79 Å². The maximum atomic E-state index is 12.3. The quantitative estimate of drug-likeness (QED) is 0.709. The highest BCUT2D eigenvalue weighted by atomic mass is 79.9. The highest BCUT2D eigenvalue weighted by molar-refractivity contribution is 9.10.